The van der Waals surface area contributed by atoms with Gasteiger partial charge in [0.2, 0.25) is 0 Å². The van der Waals surface area contributed by atoms with E-state index in [0.717, 1.165) is 25.1 Å². The number of pyridine rings is 1. The number of ether oxygens (including phenoxy) is 1. The predicted octanol–water partition coefficient (Wildman–Crippen LogP) is 3.97. The van der Waals surface area contributed by atoms with Crippen molar-refractivity contribution < 1.29 is 4.74 Å². The van der Waals surface area contributed by atoms with Crippen molar-refractivity contribution in [1.82, 2.24) is 4.98 Å². The lowest BCUT2D eigenvalue weighted by Crippen LogP contribution is -2.30. The van der Waals surface area contributed by atoms with E-state index in [1.807, 2.05) is 7.11 Å². The first kappa shape index (κ1) is 14.8. The van der Waals surface area contributed by atoms with Crippen molar-refractivity contribution in [2.75, 3.05) is 12.4 Å². The summed E-state index contributed by atoms with van der Waals surface area (Å²) in [5, 5.41) is 3.64. The summed E-state index contributed by atoms with van der Waals surface area (Å²) in [6, 6.07) is 5.00. The van der Waals surface area contributed by atoms with Crippen LogP contribution in [0.3, 0.4) is 0 Å². The highest BCUT2D eigenvalue weighted by Crippen LogP contribution is 2.34. The van der Waals surface area contributed by atoms with Crippen LogP contribution in [0.5, 0.6) is 0 Å². The summed E-state index contributed by atoms with van der Waals surface area (Å²) in [5.74, 6) is 1.06. The van der Waals surface area contributed by atoms with Gasteiger partial charge in [0.1, 0.15) is 5.82 Å². The minimum absolute atomic E-state index is 0.398. The van der Waals surface area contributed by atoms with Gasteiger partial charge in [0.15, 0.2) is 0 Å². The Bertz CT molecular complexity index is 490. The number of fused-ring (bicyclic) bond motifs is 1. The number of nitrogens with zero attached hydrogens (tertiary/aromatic N) is 1. The number of aromatic nitrogens is 1. The van der Waals surface area contributed by atoms with Crippen molar-refractivity contribution in [3.05, 3.63) is 23.4 Å². The zero-order chi connectivity index (χ0) is 14.9. The summed E-state index contributed by atoms with van der Waals surface area (Å²) in [4.78, 5) is 4.90. The maximum Gasteiger partial charge on any atom is 0.126 e. The molecule has 3 rings (SSSR count). The maximum atomic E-state index is 5.44. The third-order valence-electron chi connectivity index (χ3n) is 5.15. The molecule has 3 nitrogen and oxygen atoms in total. The lowest BCUT2D eigenvalue weighted by atomic mass is 9.76. The number of aryl methyl sites for hydroxylation is 1. The van der Waals surface area contributed by atoms with E-state index in [4.69, 9.17) is 9.72 Å². The topological polar surface area (TPSA) is 34.1 Å². The molecule has 0 atom stereocenters. The number of nitrogens with one attached hydrogen (secondary N) is 1. The van der Waals surface area contributed by atoms with Crippen molar-refractivity contribution in [1.29, 1.82) is 0 Å². The van der Waals surface area contributed by atoms with Crippen LogP contribution >= 0.6 is 0 Å². The normalized spacial score (nSPS) is 28.0. The Kier molecular flexibility index (Phi) is 4.21. The van der Waals surface area contributed by atoms with Gasteiger partial charge in [0.05, 0.1) is 6.10 Å². The molecule has 1 fully saturated rings. The van der Waals surface area contributed by atoms with Crippen LogP contribution < -0.4 is 5.32 Å². The molecule has 116 valence electrons. The fourth-order valence-electron chi connectivity index (χ4n) is 3.66. The molecule has 0 aliphatic heterocycles. The third kappa shape index (κ3) is 3.57. The SMILES string of the molecule is COC1CCC(Nc2ccc3c(n2)CC(C)(C)CC3)CC1. The van der Waals surface area contributed by atoms with Gasteiger partial charge in [-0.1, -0.05) is 19.9 Å². The second kappa shape index (κ2) is 5.96. The lowest BCUT2D eigenvalue weighted by Gasteiger charge is -2.32. The van der Waals surface area contributed by atoms with E-state index in [-0.39, 0.29) is 0 Å². The van der Waals surface area contributed by atoms with Crippen LogP contribution in [-0.4, -0.2) is 24.2 Å². The molecular formula is C18H28N2O. The highest BCUT2D eigenvalue weighted by atomic mass is 16.5. The molecule has 1 saturated carbocycles. The summed E-state index contributed by atoms with van der Waals surface area (Å²) in [5.41, 5.74) is 3.15. The number of hydrogen-bond donors (Lipinski definition) is 1. The van der Waals surface area contributed by atoms with E-state index >= 15 is 0 Å². The first-order valence-corrected chi connectivity index (χ1v) is 8.34. The molecule has 1 N–H and O–H groups in total. The average Bonchev–Trinajstić information content (AvgIpc) is 2.47. The van der Waals surface area contributed by atoms with Crippen LogP contribution in [0.15, 0.2) is 12.1 Å². The number of rotatable bonds is 3. The smallest absolute Gasteiger partial charge is 0.126 e. The molecule has 1 aromatic rings. The van der Waals surface area contributed by atoms with E-state index in [1.54, 1.807) is 0 Å². The highest BCUT2D eigenvalue weighted by Gasteiger charge is 2.27. The van der Waals surface area contributed by atoms with Gasteiger partial charge < -0.3 is 10.1 Å². The van der Waals surface area contributed by atoms with E-state index in [9.17, 15) is 0 Å². The van der Waals surface area contributed by atoms with Gasteiger partial charge in [0, 0.05) is 18.8 Å². The van der Waals surface area contributed by atoms with Crippen molar-refractivity contribution >= 4 is 5.82 Å². The quantitative estimate of drug-likeness (QED) is 0.914. The molecule has 1 aromatic heterocycles. The Morgan fingerprint density at radius 1 is 1.19 bits per heavy atom. The maximum absolute atomic E-state index is 5.44. The summed E-state index contributed by atoms with van der Waals surface area (Å²) in [6.07, 6.45) is 8.70. The monoisotopic (exact) mass is 288 g/mol. The molecular weight excluding hydrogens is 260 g/mol. The Morgan fingerprint density at radius 3 is 2.67 bits per heavy atom. The number of methoxy groups -OCH3 is 1. The number of anilines is 1. The minimum atomic E-state index is 0.398. The van der Waals surface area contributed by atoms with Crippen LogP contribution in [0, 0.1) is 5.41 Å². The fourth-order valence-corrected chi connectivity index (χ4v) is 3.66. The molecule has 0 saturated heterocycles. The highest BCUT2D eigenvalue weighted by molar-refractivity contribution is 5.41. The Balaban J connectivity index is 1.65. The second-order valence-corrected chi connectivity index (χ2v) is 7.50. The summed E-state index contributed by atoms with van der Waals surface area (Å²) in [6.45, 7) is 4.70. The van der Waals surface area contributed by atoms with E-state index in [0.29, 0.717) is 17.6 Å². The van der Waals surface area contributed by atoms with E-state index in [1.165, 1.54) is 36.9 Å². The van der Waals surface area contributed by atoms with E-state index < -0.39 is 0 Å². The Labute approximate surface area is 128 Å². The molecule has 1 heterocycles. The standard InChI is InChI=1S/C18H28N2O/c1-18(2)11-10-13-4-9-17(20-16(13)12-18)19-14-5-7-15(21-3)8-6-14/h4,9,14-15H,5-8,10-12H2,1-3H3,(H,19,20). The minimum Gasteiger partial charge on any atom is -0.381 e. The van der Waals surface area contributed by atoms with Crippen molar-refractivity contribution in [2.24, 2.45) is 5.41 Å². The molecule has 0 amide bonds. The van der Waals surface area contributed by atoms with Gasteiger partial charge in [-0.05, 0) is 62.0 Å². The largest absolute Gasteiger partial charge is 0.381 e. The molecule has 0 radical (unpaired) electrons. The Hall–Kier alpha value is -1.09. The van der Waals surface area contributed by atoms with Crippen molar-refractivity contribution in [3.8, 4) is 0 Å². The summed E-state index contributed by atoms with van der Waals surface area (Å²) in [7, 11) is 1.82. The second-order valence-electron chi connectivity index (χ2n) is 7.50. The molecule has 21 heavy (non-hydrogen) atoms. The van der Waals surface area contributed by atoms with Gasteiger partial charge >= 0.3 is 0 Å². The fraction of sp³-hybridized carbons (Fsp3) is 0.722. The van der Waals surface area contributed by atoms with Gasteiger partial charge in [-0.25, -0.2) is 4.98 Å². The summed E-state index contributed by atoms with van der Waals surface area (Å²) < 4.78 is 5.44. The van der Waals surface area contributed by atoms with E-state index in [2.05, 4.69) is 31.3 Å². The predicted molar refractivity (Wildman–Crippen MR) is 86.7 cm³/mol. The molecule has 2 aliphatic rings. The molecule has 2 aliphatic carbocycles. The molecule has 0 bridgehead atoms. The first-order chi connectivity index (χ1) is 10.1. The van der Waals surface area contributed by atoms with Crippen LogP contribution in [0.2, 0.25) is 0 Å². The third-order valence-corrected chi connectivity index (χ3v) is 5.15. The van der Waals surface area contributed by atoms with Crippen molar-refractivity contribution in [2.45, 2.75) is 70.9 Å². The number of hydrogen-bond acceptors (Lipinski definition) is 3. The molecule has 0 aromatic carbocycles. The zero-order valence-corrected chi connectivity index (χ0v) is 13.6. The Morgan fingerprint density at radius 2 is 1.95 bits per heavy atom. The molecule has 3 heteroatoms. The van der Waals surface area contributed by atoms with Crippen LogP contribution in [0.1, 0.15) is 57.2 Å². The van der Waals surface area contributed by atoms with Crippen LogP contribution in [0.4, 0.5) is 5.82 Å². The summed E-state index contributed by atoms with van der Waals surface area (Å²) >= 11 is 0. The van der Waals surface area contributed by atoms with Crippen molar-refractivity contribution in [3.63, 3.8) is 0 Å². The van der Waals surface area contributed by atoms with Gasteiger partial charge in [-0.3, -0.25) is 0 Å². The zero-order valence-electron chi connectivity index (χ0n) is 13.6. The van der Waals surface area contributed by atoms with Gasteiger partial charge in [-0.2, -0.15) is 0 Å². The van der Waals surface area contributed by atoms with Crippen LogP contribution in [-0.2, 0) is 17.6 Å². The molecule has 0 spiro atoms. The average molecular weight is 288 g/mol. The van der Waals surface area contributed by atoms with Gasteiger partial charge in [-0.15, -0.1) is 0 Å². The first-order valence-electron chi connectivity index (χ1n) is 8.34. The van der Waals surface area contributed by atoms with Gasteiger partial charge in [0.25, 0.3) is 0 Å². The van der Waals surface area contributed by atoms with Crippen LogP contribution in [0.25, 0.3) is 0 Å². The molecule has 0 unspecified atom stereocenters. The lowest BCUT2D eigenvalue weighted by molar-refractivity contribution is 0.0681.